The maximum Gasteiger partial charge on any atom is 0.252 e. The molecular formula is C48H51BN2. The summed E-state index contributed by atoms with van der Waals surface area (Å²) < 4.78 is 0. The molecular weight excluding hydrogens is 615 g/mol. The number of para-hydroxylation sites is 1. The highest BCUT2D eigenvalue weighted by atomic mass is 15.3. The molecule has 0 amide bonds. The fourth-order valence-electron chi connectivity index (χ4n) is 11.7. The molecule has 0 N–H and O–H groups in total. The first-order valence-corrected chi connectivity index (χ1v) is 19.5. The molecule has 51 heavy (non-hydrogen) atoms. The first-order chi connectivity index (χ1) is 24.2. The number of rotatable bonds is 1. The first kappa shape index (κ1) is 31.5. The number of nitrogens with zero attached hydrogens (tertiary/aromatic N) is 2. The van der Waals surface area contributed by atoms with E-state index in [1.54, 1.807) is 5.56 Å². The Balaban J connectivity index is 1.36. The van der Waals surface area contributed by atoms with Crippen LogP contribution in [0.25, 0.3) is 11.1 Å². The summed E-state index contributed by atoms with van der Waals surface area (Å²) in [5.41, 5.74) is 24.2. The van der Waals surface area contributed by atoms with Gasteiger partial charge in [-0.25, -0.2) is 0 Å². The molecule has 5 aromatic carbocycles. The summed E-state index contributed by atoms with van der Waals surface area (Å²) in [5, 5.41) is 0. The smallest absolute Gasteiger partial charge is 0.252 e. The fraction of sp³-hybridized carbons (Fsp3) is 0.375. The van der Waals surface area contributed by atoms with Crippen molar-refractivity contribution in [2.24, 2.45) is 0 Å². The molecule has 0 aromatic heterocycles. The molecule has 1 saturated carbocycles. The van der Waals surface area contributed by atoms with Crippen LogP contribution in [0.2, 0.25) is 0 Å². The normalized spacial score (nSPS) is 23.0. The van der Waals surface area contributed by atoms with E-state index in [1.165, 1.54) is 115 Å². The predicted octanol–water partition coefficient (Wildman–Crippen LogP) is 10.6. The van der Waals surface area contributed by atoms with Crippen molar-refractivity contribution in [3.63, 3.8) is 0 Å². The minimum absolute atomic E-state index is 0.0308. The molecule has 3 heterocycles. The van der Waals surface area contributed by atoms with Gasteiger partial charge in [-0.15, -0.1) is 0 Å². The SMILES string of the molecule is Cc1cc2c3c(c1)N1c4c(cccc4C4(C)CCCCC14C)B3c1ccc3c(c1N2c1c(C)cc(C(C)(C)C)cc1C)C(C)(C)c1ccccc1-3. The number of hydrogen-bond acceptors (Lipinski definition) is 2. The third-order valence-corrected chi connectivity index (χ3v) is 14.4. The fourth-order valence-corrected chi connectivity index (χ4v) is 11.7. The Morgan fingerprint density at radius 3 is 2.06 bits per heavy atom. The van der Waals surface area contributed by atoms with Crippen LogP contribution >= 0.6 is 0 Å². The monoisotopic (exact) mass is 666 g/mol. The van der Waals surface area contributed by atoms with Gasteiger partial charge in [0.15, 0.2) is 0 Å². The zero-order chi connectivity index (χ0) is 35.6. The van der Waals surface area contributed by atoms with Gasteiger partial charge in [0.05, 0.1) is 11.2 Å². The van der Waals surface area contributed by atoms with Crippen molar-refractivity contribution in [3.05, 3.63) is 118 Å². The van der Waals surface area contributed by atoms with Crippen LogP contribution in [-0.4, -0.2) is 12.3 Å². The van der Waals surface area contributed by atoms with Crippen LogP contribution < -0.4 is 26.2 Å². The molecule has 0 spiro atoms. The van der Waals surface area contributed by atoms with Gasteiger partial charge < -0.3 is 9.80 Å². The number of hydrogen-bond donors (Lipinski definition) is 0. The van der Waals surface area contributed by atoms with E-state index in [1.807, 2.05) is 0 Å². The van der Waals surface area contributed by atoms with Crippen LogP contribution in [0.5, 0.6) is 0 Å². The quantitative estimate of drug-likeness (QED) is 0.161. The lowest BCUT2D eigenvalue weighted by atomic mass is 9.33. The summed E-state index contributed by atoms with van der Waals surface area (Å²) >= 11 is 0. The molecule has 3 aliphatic heterocycles. The van der Waals surface area contributed by atoms with Crippen LogP contribution in [-0.2, 0) is 16.2 Å². The van der Waals surface area contributed by atoms with Gasteiger partial charge in [-0.2, -0.15) is 0 Å². The van der Waals surface area contributed by atoms with Gasteiger partial charge in [-0.1, -0.05) is 121 Å². The van der Waals surface area contributed by atoms with E-state index in [0.29, 0.717) is 0 Å². The second-order valence-corrected chi connectivity index (χ2v) is 18.7. The van der Waals surface area contributed by atoms with Crippen molar-refractivity contribution in [1.82, 2.24) is 0 Å². The van der Waals surface area contributed by atoms with Gasteiger partial charge in [0.25, 0.3) is 6.71 Å². The van der Waals surface area contributed by atoms with Gasteiger partial charge in [0.2, 0.25) is 0 Å². The lowest BCUT2D eigenvalue weighted by molar-refractivity contribution is 0.195. The summed E-state index contributed by atoms with van der Waals surface area (Å²) in [5.74, 6) is 0. The molecule has 0 radical (unpaired) electrons. The van der Waals surface area contributed by atoms with E-state index in [2.05, 4.69) is 158 Å². The van der Waals surface area contributed by atoms with Crippen molar-refractivity contribution in [2.75, 3.05) is 9.80 Å². The van der Waals surface area contributed by atoms with Gasteiger partial charge in [-0.05, 0) is 125 Å². The van der Waals surface area contributed by atoms with Gasteiger partial charge >= 0.3 is 0 Å². The van der Waals surface area contributed by atoms with Crippen molar-refractivity contribution >= 4 is 51.5 Å². The van der Waals surface area contributed by atoms with Gasteiger partial charge in [0.1, 0.15) is 0 Å². The predicted molar refractivity (Wildman–Crippen MR) is 219 cm³/mol. The number of aryl methyl sites for hydroxylation is 3. The van der Waals surface area contributed by atoms with Gasteiger partial charge in [-0.3, -0.25) is 0 Å². The maximum absolute atomic E-state index is 2.86. The third-order valence-electron chi connectivity index (χ3n) is 14.4. The molecule has 256 valence electrons. The topological polar surface area (TPSA) is 6.48 Å². The molecule has 2 nitrogen and oxygen atoms in total. The molecule has 2 atom stereocenters. The van der Waals surface area contributed by atoms with E-state index in [0.717, 1.165) is 0 Å². The Bertz CT molecular complexity index is 2350. The molecule has 0 bridgehead atoms. The van der Waals surface area contributed by atoms with Crippen LogP contribution in [0.4, 0.5) is 28.4 Å². The van der Waals surface area contributed by atoms with Crippen molar-refractivity contribution < 1.29 is 0 Å². The van der Waals surface area contributed by atoms with Crippen LogP contribution in [0, 0.1) is 20.8 Å². The summed E-state index contributed by atoms with van der Waals surface area (Å²) in [6, 6.07) is 31.5. The molecule has 10 rings (SSSR count). The zero-order valence-corrected chi connectivity index (χ0v) is 32.3. The average Bonchev–Trinajstić information content (AvgIpc) is 3.44. The van der Waals surface area contributed by atoms with E-state index in [4.69, 9.17) is 0 Å². The number of fused-ring (bicyclic) bond motifs is 11. The Morgan fingerprint density at radius 2 is 1.31 bits per heavy atom. The summed E-state index contributed by atoms with van der Waals surface area (Å²) in [6.45, 7) is 24.3. The van der Waals surface area contributed by atoms with E-state index < -0.39 is 0 Å². The van der Waals surface area contributed by atoms with E-state index in [9.17, 15) is 0 Å². The zero-order valence-electron chi connectivity index (χ0n) is 32.3. The Labute approximate surface area is 306 Å². The van der Waals surface area contributed by atoms with Crippen molar-refractivity contribution in [2.45, 2.75) is 117 Å². The summed E-state index contributed by atoms with van der Waals surface area (Å²) in [4.78, 5) is 5.60. The maximum atomic E-state index is 2.86. The average molecular weight is 667 g/mol. The minimum Gasteiger partial charge on any atom is -0.335 e. The molecule has 1 fully saturated rings. The van der Waals surface area contributed by atoms with Crippen molar-refractivity contribution in [1.29, 1.82) is 0 Å². The molecule has 5 aliphatic rings. The summed E-state index contributed by atoms with van der Waals surface area (Å²) in [6.07, 6.45) is 5.06. The molecule has 2 aliphatic carbocycles. The van der Waals surface area contributed by atoms with Crippen LogP contribution in [0.15, 0.2) is 78.9 Å². The Hall–Kier alpha value is -4.24. The Kier molecular flexibility index (Phi) is 6.05. The second kappa shape index (κ2) is 9.79. The standard InChI is InChI=1S/C48H51BN2/c1-28-24-38-41-39(25-28)51-43-35(47(9)22-13-14-23-48(47,51)10)18-15-19-36(43)49(41)37-21-20-33-32-16-11-12-17-34(32)46(7,8)40(33)44(37)50(38)42-29(2)26-31(27-30(42)3)45(4,5)6/h11-12,15-21,24-27H,13-14,22-23H2,1-10H3. The molecule has 3 heteroatoms. The first-order valence-electron chi connectivity index (χ1n) is 19.5. The Morgan fingerprint density at radius 1 is 0.647 bits per heavy atom. The lowest BCUT2D eigenvalue weighted by Crippen LogP contribution is -2.64. The molecule has 2 unspecified atom stereocenters. The largest absolute Gasteiger partial charge is 0.335 e. The van der Waals surface area contributed by atoms with Crippen LogP contribution in [0.1, 0.15) is 113 Å². The minimum atomic E-state index is -0.151. The molecule has 5 aromatic rings. The van der Waals surface area contributed by atoms with Gasteiger partial charge in [0, 0.05) is 33.6 Å². The lowest BCUT2D eigenvalue weighted by Gasteiger charge is -2.53. The highest BCUT2D eigenvalue weighted by Gasteiger charge is 2.61. The van der Waals surface area contributed by atoms with E-state index >= 15 is 0 Å². The highest BCUT2D eigenvalue weighted by molar-refractivity contribution is 7.00. The third kappa shape index (κ3) is 3.71. The number of benzene rings is 5. The second-order valence-electron chi connectivity index (χ2n) is 18.7. The molecule has 0 saturated heterocycles. The van der Waals surface area contributed by atoms with E-state index in [-0.39, 0.29) is 28.5 Å². The summed E-state index contributed by atoms with van der Waals surface area (Å²) in [7, 11) is 0. The number of anilines is 5. The highest BCUT2D eigenvalue weighted by Crippen LogP contribution is 2.62. The van der Waals surface area contributed by atoms with Crippen LogP contribution in [0.3, 0.4) is 0 Å². The van der Waals surface area contributed by atoms with Crippen molar-refractivity contribution in [3.8, 4) is 11.1 Å².